The third kappa shape index (κ3) is 1.98. The zero-order valence-corrected chi connectivity index (χ0v) is 17.1. The smallest absolute Gasteiger partial charge is 0.118 e. The molecule has 1 heterocycles. The van der Waals surface area contributed by atoms with E-state index in [0.717, 1.165) is 5.75 Å². The van der Waals surface area contributed by atoms with Crippen molar-refractivity contribution < 1.29 is 4.74 Å². The van der Waals surface area contributed by atoms with Crippen molar-refractivity contribution in [3.63, 3.8) is 0 Å². The molecule has 122 valence electrons. The zero-order chi connectivity index (χ0) is 17.1. The van der Waals surface area contributed by atoms with Crippen molar-refractivity contribution in [1.29, 1.82) is 0 Å². The Balaban J connectivity index is 2.22. The lowest BCUT2D eigenvalue weighted by Gasteiger charge is -2.29. The maximum absolute atomic E-state index is 5.57. The molecule has 0 amide bonds. The van der Waals surface area contributed by atoms with Gasteiger partial charge in [-0.1, -0.05) is 79.0 Å². The molecule has 1 aliphatic heterocycles. The van der Waals surface area contributed by atoms with E-state index >= 15 is 0 Å². The minimum Gasteiger partial charge on any atom is -0.497 e. The molecule has 0 aromatic heterocycles. The maximum Gasteiger partial charge on any atom is 0.118 e. The second kappa shape index (κ2) is 5.07. The molecule has 0 unspecified atom stereocenters. The van der Waals surface area contributed by atoms with E-state index in [4.69, 9.17) is 4.74 Å². The molecule has 0 N–H and O–H groups in total. The van der Waals surface area contributed by atoms with Gasteiger partial charge in [-0.3, -0.25) is 0 Å². The first-order valence-electron chi connectivity index (χ1n) is 8.59. The summed E-state index contributed by atoms with van der Waals surface area (Å²) in [5, 5.41) is 9.23. The number of fused-ring (bicyclic) bond motifs is 1. The zero-order valence-electron chi connectivity index (χ0n) is 15.1. The van der Waals surface area contributed by atoms with Crippen molar-refractivity contribution in [2.24, 2.45) is 0 Å². The van der Waals surface area contributed by atoms with Crippen LogP contribution in [0.15, 0.2) is 54.6 Å². The molecular weight excluding hydrogens is 324 g/mol. The lowest BCUT2D eigenvalue weighted by Crippen LogP contribution is -2.63. The van der Waals surface area contributed by atoms with Gasteiger partial charge in [0.15, 0.2) is 0 Å². The molecule has 24 heavy (non-hydrogen) atoms. The Hall–Kier alpha value is -1.85. The first-order chi connectivity index (χ1) is 11.4. The third-order valence-corrected chi connectivity index (χ3v) is 13.1. The Morgan fingerprint density at radius 1 is 0.667 bits per heavy atom. The van der Waals surface area contributed by atoms with E-state index in [1.54, 1.807) is 27.9 Å². The van der Waals surface area contributed by atoms with Gasteiger partial charge in [-0.25, -0.2) is 0 Å². The molecule has 0 atom stereocenters. The van der Waals surface area contributed by atoms with Crippen LogP contribution < -0.4 is 25.5 Å². The van der Waals surface area contributed by atoms with Crippen LogP contribution in [0, 0.1) is 0 Å². The Bertz CT molecular complexity index is 952. The van der Waals surface area contributed by atoms with Crippen molar-refractivity contribution in [1.82, 2.24) is 0 Å². The molecule has 0 saturated heterocycles. The summed E-state index contributed by atoms with van der Waals surface area (Å²) in [6.07, 6.45) is 0. The van der Waals surface area contributed by atoms with Gasteiger partial charge in [0.2, 0.25) is 0 Å². The fourth-order valence-corrected chi connectivity index (χ4v) is 12.3. The summed E-state index contributed by atoms with van der Waals surface area (Å²) in [6.45, 7) is 9.98. The molecule has 4 rings (SSSR count). The summed E-state index contributed by atoms with van der Waals surface area (Å²) in [7, 11) is -1.78. The highest BCUT2D eigenvalue weighted by molar-refractivity contribution is 7.12. The first kappa shape index (κ1) is 15.7. The van der Waals surface area contributed by atoms with Gasteiger partial charge in [0.05, 0.1) is 7.11 Å². The van der Waals surface area contributed by atoms with Gasteiger partial charge in [-0.15, -0.1) is 0 Å². The monoisotopic (exact) mass is 348 g/mol. The van der Waals surface area contributed by atoms with E-state index in [2.05, 4.69) is 80.8 Å². The standard InChI is InChI=1S/C21H24OSi2/c1-22-16-12-13-17-20(14-16)24(4,5)19-11-7-9-15-8-6-10-18(21(15)19)23(17,2)3/h6-14H,1-5H3. The molecule has 0 bridgehead atoms. The van der Waals surface area contributed by atoms with E-state index in [1.165, 1.54) is 10.8 Å². The Labute approximate surface area is 146 Å². The third-order valence-electron chi connectivity index (χ3n) is 5.82. The molecule has 0 fully saturated rings. The highest BCUT2D eigenvalue weighted by Gasteiger charge is 2.41. The first-order valence-corrected chi connectivity index (χ1v) is 14.6. The van der Waals surface area contributed by atoms with E-state index < -0.39 is 16.1 Å². The second-order valence-corrected chi connectivity index (χ2v) is 16.5. The van der Waals surface area contributed by atoms with Gasteiger partial charge in [-0.2, -0.15) is 0 Å². The summed E-state index contributed by atoms with van der Waals surface area (Å²) in [5.41, 5.74) is 0. The molecule has 0 aliphatic carbocycles. The Morgan fingerprint density at radius 3 is 1.83 bits per heavy atom. The predicted octanol–water partition coefficient (Wildman–Crippen LogP) is 2.81. The van der Waals surface area contributed by atoms with Crippen LogP contribution in [0.2, 0.25) is 26.2 Å². The van der Waals surface area contributed by atoms with Crippen LogP contribution in [0.3, 0.4) is 0 Å². The van der Waals surface area contributed by atoms with Crippen LogP contribution >= 0.6 is 0 Å². The summed E-state index contributed by atoms with van der Waals surface area (Å²) in [6, 6.07) is 20.6. The highest BCUT2D eigenvalue weighted by atomic mass is 28.3. The summed E-state index contributed by atoms with van der Waals surface area (Å²) in [4.78, 5) is 0. The lowest BCUT2D eigenvalue weighted by molar-refractivity contribution is 0.415. The van der Waals surface area contributed by atoms with E-state index in [9.17, 15) is 0 Å². The van der Waals surface area contributed by atoms with E-state index in [0.29, 0.717) is 0 Å². The van der Waals surface area contributed by atoms with Crippen molar-refractivity contribution in [3.8, 4) is 5.75 Å². The Kier molecular flexibility index (Phi) is 3.31. The number of methoxy groups -OCH3 is 1. The van der Waals surface area contributed by atoms with Gasteiger partial charge in [0.1, 0.15) is 21.9 Å². The van der Waals surface area contributed by atoms with Crippen LogP contribution in [0.1, 0.15) is 0 Å². The minimum absolute atomic E-state index is 0.984. The maximum atomic E-state index is 5.57. The lowest BCUT2D eigenvalue weighted by atomic mass is 10.1. The van der Waals surface area contributed by atoms with Crippen molar-refractivity contribution in [2.75, 3.05) is 7.11 Å². The average Bonchev–Trinajstić information content (AvgIpc) is 2.64. The fourth-order valence-electron chi connectivity index (χ4n) is 4.39. The topological polar surface area (TPSA) is 9.23 Å². The van der Waals surface area contributed by atoms with Gasteiger partial charge >= 0.3 is 0 Å². The molecule has 0 saturated carbocycles. The number of hydrogen-bond donors (Lipinski definition) is 0. The average molecular weight is 349 g/mol. The largest absolute Gasteiger partial charge is 0.497 e. The molecule has 1 nitrogen and oxygen atoms in total. The van der Waals surface area contributed by atoms with Crippen molar-refractivity contribution in [3.05, 3.63) is 54.6 Å². The van der Waals surface area contributed by atoms with Crippen LogP contribution in [0.25, 0.3) is 10.8 Å². The van der Waals surface area contributed by atoms with E-state index in [1.807, 2.05) is 0 Å². The normalized spacial score (nSPS) is 17.2. The van der Waals surface area contributed by atoms with Crippen molar-refractivity contribution >= 4 is 47.7 Å². The van der Waals surface area contributed by atoms with Crippen LogP contribution in [0.5, 0.6) is 5.75 Å². The number of hydrogen-bond acceptors (Lipinski definition) is 1. The molecule has 0 radical (unpaired) electrons. The van der Waals surface area contributed by atoms with Crippen LogP contribution in [0.4, 0.5) is 0 Å². The highest BCUT2D eigenvalue weighted by Crippen LogP contribution is 2.23. The van der Waals surface area contributed by atoms with Crippen LogP contribution in [-0.4, -0.2) is 23.3 Å². The quantitative estimate of drug-likeness (QED) is 0.615. The fraction of sp³-hybridized carbons (Fsp3) is 0.238. The van der Waals surface area contributed by atoms with Crippen LogP contribution in [-0.2, 0) is 0 Å². The Morgan fingerprint density at radius 2 is 1.25 bits per heavy atom. The summed E-state index contributed by atoms with van der Waals surface area (Å²) >= 11 is 0. The molecule has 3 heteroatoms. The molecule has 3 aromatic carbocycles. The molecule has 0 spiro atoms. The van der Waals surface area contributed by atoms with Crippen molar-refractivity contribution in [2.45, 2.75) is 26.2 Å². The van der Waals surface area contributed by atoms with Gasteiger partial charge < -0.3 is 4.74 Å². The van der Waals surface area contributed by atoms with Gasteiger partial charge in [0, 0.05) is 0 Å². The number of rotatable bonds is 1. The predicted molar refractivity (Wildman–Crippen MR) is 110 cm³/mol. The molecule has 3 aromatic rings. The molecular formula is C21H24OSi2. The summed E-state index contributed by atoms with van der Waals surface area (Å²) in [5.74, 6) is 0.984. The molecule has 1 aliphatic rings. The minimum atomic E-state index is -1.79. The number of benzene rings is 3. The SMILES string of the molecule is COc1ccc2c(c1)[Si](C)(C)c1cccc3cccc(c13)[Si]2(C)C. The summed E-state index contributed by atoms with van der Waals surface area (Å²) < 4.78 is 5.57. The second-order valence-electron chi connectivity index (χ2n) is 7.87. The van der Waals surface area contributed by atoms with Gasteiger partial charge in [0.25, 0.3) is 0 Å². The van der Waals surface area contributed by atoms with E-state index in [-0.39, 0.29) is 0 Å². The number of ether oxygens (including phenoxy) is 1. The van der Waals surface area contributed by atoms with Gasteiger partial charge in [-0.05, 0) is 33.3 Å².